The summed E-state index contributed by atoms with van der Waals surface area (Å²) in [6.45, 7) is 2.01. The lowest BCUT2D eigenvalue weighted by Crippen LogP contribution is -2.30. The van der Waals surface area contributed by atoms with Crippen LogP contribution in [0.25, 0.3) is 0 Å². The van der Waals surface area contributed by atoms with Gasteiger partial charge in [0.15, 0.2) is 0 Å². The highest BCUT2D eigenvalue weighted by atomic mass is 16.5. The summed E-state index contributed by atoms with van der Waals surface area (Å²) in [5.74, 6) is 0.962. The van der Waals surface area contributed by atoms with E-state index < -0.39 is 0 Å². The minimum Gasteiger partial charge on any atom is -0.379 e. The second kappa shape index (κ2) is 4.62. The highest BCUT2D eigenvalue weighted by Crippen LogP contribution is 2.24. The third-order valence-corrected chi connectivity index (χ3v) is 2.98. The van der Waals surface area contributed by atoms with Crippen LogP contribution in [0.15, 0.2) is 18.2 Å². The van der Waals surface area contributed by atoms with E-state index in [0.29, 0.717) is 12.1 Å². The Balaban J connectivity index is 2.02. The van der Waals surface area contributed by atoms with Crippen molar-refractivity contribution in [3.8, 4) is 0 Å². The van der Waals surface area contributed by atoms with Gasteiger partial charge in [0, 0.05) is 12.8 Å². The van der Waals surface area contributed by atoms with E-state index in [4.69, 9.17) is 4.74 Å². The predicted molar refractivity (Wildman–Crippen MR) is 61.0 cm³/mol. The number of pyridine rings is 1. The zero-order valence-electron chi connectivity index (χ0n) is 9.36. The van der Waals surface area contributed by atoms with Crippen molar-refractivity contribution in [3.63, 3.8) is 0 Å². The van der Waals surface area contributed by atoms with Crippen molar-refractivity contribution in [3.05, 3.63) is 23.9 Å². The Labute approximate surface area is 90.9 Å². The first-order valence-corrected chi connectivity index (χ1v) is 5.52. The number of nitrogens with zero attached hydrogens (tertiary/aromatic N) is 1. The molecule has 1 heterocycles. The smallest absolute Gasteiger partial charge is 0.126 e. The van der Waals surface area contributed by atoms with E-state index in [-0.39, 0.29) is 0 Å². The molecular formula is C12H18N2O. The summed E-state index contributed by atoms with van der Waals surface area (Å²) in [6, 6.07) is 6.47. The summed E-state index contributed by atoms with van der Waals surface area (Å²) in [7, 11) is 1.79. The van der Waals surface area contributed by atoms with Gasteiger partial charge in [-0.2, -0.15) is 0 Å². The first-order valence-electron chi connectivity index (χ1n) is 5.52. The fraction of sp³-hybridized carbons (Fsp3) is 0.583. The molecule has 1 aliphatic rings. The molecule has 82 valence electrons. The van der Waals surface area contributed by atoms with Gasteiger partial charge in [-0.15, -0.1) is 0 Å². The van der Waals surface area contributed by atoms with E-state index in [1.807, 2.05) is 25.1 Å². The van der Waals surface area contributed by atoms with Gasteiger partial charge in [-0.3, -0.25) is 0 Å². The Morgan fingerprint density at radius 2 is 2.27 bits per heavy atom. The molecule has 15 heavy (non-hydrogen) atoms. The highest BCUT2D eigenvalue weighted by Gasteiger charge is 2.26. The van der Waals surface area contributed by atoms with Crippen LogP contribution in [-0.4, -0.2) is 24.2 Å². The largest absolute Gasteiger partial charge is 0.379 e. The second-order valence-electron chi connectivity index (χ2n) is 4.12. The van der Waals surface area contributed by atoms with Crippen LogP contribution in [0, 0.1) is 6.92 Å². The number of hydrogen-bond acceptors (Lipinski definition) is 3. The van der Waals surface area contributed by atoms with Gasteiger partial charge in [-0.25, -0.2) is 4.98 Å². The van der Waals surface area contributed by atoms with Crippen LogP contribution in [0.4, 0.5) is 5.82 Å². The van der Waals surface area contributed by atoms with Gasteiger partial charge in [0.25, 0.3) is 0 Å². The van der Waals surface area contributed by atoms with Crippen molar-refractivity contribution in [2.75, 3.05) is 12.4 Å². The van der Waals surface area contributed by atoms with E-state index in [1.54, 1.807) is 7.11 Å². The van der Waals surface area contributed by atoms with Crippen molar-refractivity contribution >= 4 is 5.82 Å². The Morgan fingerprint density at radius 1 is 1.40 bits per heavy atom. The van der Waals surface area contributed by atoms with Crippen LogP contribution in [0.1, 0.15) is 25.0 Å². The standard InChI is InChI=1S/C12H18N2O/c1-9-5-3-8-12(13-9)14-10-6-4-7-11(10)15-2/h3,5,8,10-11H,4,6-7H2,1-2H3,(H,13,14). The molecule has 0 bridgehead atoms. The van der Waals surface area contributed by atoms with E-state index in [1.165, 1.54) is 12.8 Å². The van der Waals surface area contributed by atoms with Gasteiger partial charge >= 0.3 is 0 Å². The number of hydrogen-bond donors (Lipinski definition) is 1. The van der Waals surface area contributed by atoms with E-state index in [2.05, 4.69) is 10.3 Å². The fourth-order valence-electron chi connectivity index (χ4n) is 2.19. The molecule has 3 nitrogen and oxygen atoms in total. The van der Waals surface area contributed by atoms with E-state index in [9.17, 15) is 0 Å². The molecule has 0 radical (unpaired) electrons. The molecule has 0 saturated heterocycles. The number of anilines is 1. The molecule has 0 amide bonds. The molecule has 3 heteroatoms. The maximum Gasteiger partial charge on any atom is 0.126 e. The zero-order chi connectivity index (χ0) is 10.7. The van der Waals surface area contributed by atoms with Gasteiger partial charge in [0.05, 0.1) is 12.1 Å². The van der Waals surface area contributed by atoms with Crippen molar-refractivity contribution in [2.24, 2.45) is 0 Å². The van der Waals surface area contributed by atoms with Gasteiger partial charge in [-0.05, 0) is 38.3 Å². The second-order valence-corrected chi connectivity index (χ2v) is 4.12. The third-order valence-electron chi connectivity index (χ3n) is 2.98. The number of aryl methyl sites for hydroxylation is 1. The van der Waals surface area contributed by atoms with Crippen LogP contribution >= 0.6 is 0 Å². The van der Waals surface area contributed by atoms with E-state index in [0.717, 1.165) is 17.9 Å². The fourth-order valence-corrected chi connectivity index (χ4v) is 2.19. The maximum atomic E-state index is 5.44. The SMILES string of the molecule is COC1CCCC1Nc1cccc(C)n1. The summed E-state index contributed by atoms with van der Waals surface area (Å²) in [6.07, 6.45) is 3.91. The minimum absolute atomic E-state index is 0.340. The maximum absolute atomic E-state index is 5.44. The third kappa shape index (κ3) is 2.48. The molecule has 2 atom stereocenters. The normalized spacial score (nSPS) is 25.5. The van der Waals surface area contributed by atoms with Gasteiger partial charge < -0.3 is 10.1 Å². The average molecular weight is 206 g/mol. The Kier molecular flexibility index (Phi) is 3.21. The van der Waals surface area contributed by atoms with Crippen molar-refractivity contribution in [1.29, 1.82) is 0 Å². The number of methoxy groups -OCH3 is 1. The van der Waals surface area contributed by atoms with Crippen LogP contribution in [0.3, 0.4) is 0 Å². The number of rotatable bonds is 3. The van der Waals surface area contributed by atoms with Crippen LogP contribution < -0.4 is 5.32 Å². The molecule has 2 rings (SSSR count). The topological polar surface area (TPSA) is 34.1 Å². The molecule has 1 fully saturated rings. The van der Waals surface area contributed by atoms with Crippen molar-refractivity contribution in [1.82, 2.24) is 4.98 Å². The van der Waals surface area contributed by atoms with Gasteiger partial charge in [0.2, 0.25) is 0 Å². The summed E-state index contributed by atoms with van der Waals surface area (Å²) < 4.78 is 5.44. The molecule has 1 aromatic rings. The van der Waals surface area contributed by atoms with Crippen LogP contribution in [-0.2, 0) is 4.74 Å². The lowest BCUT2D eigenvalue weighted by atomic mass is 10.2. The molecule has 1 aliphatic carbocycles. The van der Waals surface area contributed by atoms with Crippen molar-refractivity contribution in [2.45, 2.75) is 38.3 Å². The van der Waals surface area contributed by atoms with Crippen LogP contribution in [0.5, 0.6) is 0 Å². The predicted octanol–water partition coefficient (Wildman–Crippen LogP) is 2.37. The molecule has 1 saturated carbocycles. The first-order chi connectivity index (χ1) is 7.29. The summed E-state index contributed by atoms with van der Waals surface area (Å²) in [4.78, 5) is 4.44. The Bertz CT molecular complexity index is 327. The molecule has 0 aromatic carbocycles. The molecule has 2 unspecified atom stereocenters. The molecule has 0 aliphatic heterocycles. The number of nitrogens with one attached hydrogen (secondary N) is 1. The van der Waals surface area contributed by atoms with E-state index >= 15 is 0 Å². The summed E-state index contributed by atoms with van der Waals surface area (Å²) >= 11 is 0. The summed E-state index contributed by atoms with van der Waals surface area (Å²) in [5, 5.41) is 3.45. The van der Waals surface area contributed by atoms with Gasteiger partial charge in [-0.1, -0.05) is 6.07 Å². The van der Waals surface area contributed by atoms with Crippen LogP contribution in [0.2, 0.25) is 0 Å². The molecule has 1 N–H and O–H groups in total. The molecular weight excluding hydrogens is 188 g/mol. The molecule has 1 aromatic heterocycles. The zero-order valence-corrected chi connectivity index (χ0v) is 9.36. The number of ether oxygens (including phenoxy) is 1. The first kappa shape index (κ1) is 10.4. The quantitative estimate of drug-likeness (QED) is 0.824. The Hall–Kier alpha value is -1.09. The lowest BCUT2D eigenvalue weighted by Gasteiger charge is -2.20. The minimum atomic E-state index is 0.340. The van der Waals surface area contributed by atoms with Gasteiger partial charge in [0.1, 0.15) is 5.82 Å². The monoisotopic (exact) mass is 206 g/mol. The average Bonchev–Trinajstić information content (AvgIpc) is 2.65. The highest BCUT2D eigenvalue weighted by molar-refractivity contribution is 5.37. The Morgan fingerprint density at radius 3 is 3.00 bits per heavy atom. The van der Waals surface area contributed by atoms with Crippen molar-refractivity contribution < 1.29 is 4.74 Å². The molecule has 0 spiro atoms. The lowest BCUT2D eigenvalue weighted by molar-refractivity contribution is 0.101. The summed E-state index contributed by atoms with van der Waals surface area (Å²) in [5.41, 5.74) is 1.05. The number of aromatic nitrogens is 1.